The number of nitrogens with one attached hydrogen (secondary N) is 2. The molecular formula is C19H23N3O5S2. The van der Waals surface area contributed by atoms with E-state index in [1.807, 2.05) is 0 Å². The van der Waals surface area contributed by atoms with Crippen LogP contribution in [0.15, 0.2) is 58.3 Å². The van der Waals surface area contributed by atoms with Crippen molar-refractivity contribution in [2.45, 2.75) is 29.6 Å². The summed E-state index contributed by atoms with van der Waals surface area (Å²) in [6, 6.07) is 11.6. The highest BCUT2D eigenvalue weighted by Gasteiger charge is 2.27. The molecule has 0 aliphatic carbocycles. The zero-order valence-corrected chi connectivity index (χ0v) is 17.6. The maximum Gasteiger partial charge on any atom is 0.255 e. The van der Waals surface area contributed by atoms with E-state index in [-0.39, 0.29) is 21.9 Å². The molecular weight excluding hydrogens is 414 g/mol. The van der Waals surface area contributed by atoms with Gasteiger partial charge in [-0.25, -0.2) is 21.6 Å². The van der Waals surface area contributed by atoms with Crippen LogP contribution in [0.25, 0.3) is 0 Å². The minimum Gasteiger partial charge on any atom is -0.322 e. The van der Waals surface area contributed by atoms with Crippen LogP contribution in [0, 0.1) is 0 Å². The first-order chi connectivity index (χ1) is 13.7. The molecule has 1 saturated heterocycles. The van der Waals surface area contributed by atoms with E-state index in [1.165, 1.54) is 52.8 Å². The molecule has 1 aliphatic rings. The van der Waals surface area contributed by atoms with Crippen LogP contribution in [0.2, 0.25) is 0 Å². The lowest BCUT2D eigenvalue weighted by molar-refractivity contribution is 0.102. The van der Waals surface area contributed by atoms with Gasteiger partial charge in [0.15, 0.2) is 0 Å². The zero-order valence-electron chi connectivity index (χ0n) is 16.0. The Morgan fingerprint density at radius 1 is 0.966 bits per heavy atom. The second-order valence-corrected chi connectivity index (χ2v) is 10.3. The first-order valence-electron chi connectivity index (χ1n) is 9.25. The van der Waals surface area contributed by atoms with Crippen molar-refractivity contribution in [2.75, 3.05) is 25.0 Å². The van der Waals surface area contributed by atoms with Crippen LogP contribution >= 0.6 is 0 Å². The molecule has 29 heavy (non-hydrogen) atoms. The van der Waals surface area contributed by atoms with E-state index < -0.39 is 26.0 Å². The molecule has 1 heterocycles. The van der Waals surface area contributed by atoms with Crippen molar-refractivity contribution in [3.05, 3.63) is 54.1 Å². The van der Waals surface area contributed by atoms with Gasteiger partial charge < -0.3 is 5.32 Å². The van der Waals surface area contributed by atoms with Gasteiger partial charge >= 0.3 is 0 Å². The Bertz CT molecular complexity index is 1090. The van der Waals surface area contributed by atoms with Gasteiger partial charge in [-0.2, -0.15) is 4.31 Å². The number of anilines is 1. The average molecular weight is 438 g/mol. The molecule has 1 amide bonds. The fraction of sp³-hybridized carbons (Fsp3) is 0.316. The van der Waals surface area contributed by atoms with Crippen molar-refractivity contribution in [2.24, 2.45) is 0 Å². The number of carbonyl (C=O) groups excluding carboxylic acids is 1. The fourth-order valence-corrected chi connectivity index (χ4v) is 5.67. The van der Waals surface area contributed by atoms with Crippen molar-refractivity contribution in [3.8, 4) is 0 Å². The van der Waals surface area contributed by atoms with Crippen LogP contribution in [0.5, 0.6) is 0 Å². The summed E-state index contributed by atoms with van der Waals surface area (Å²) >= 11 is 0. The highest BCUT2D eigenvalue weighted by molar-refractivity contribution is 7.89. The minimum absolute atomic E-state index is 0.0825. The first kappa shape index (κ1) is 21.4. The summed E-state index contributed by atoms with van der Waals surface area (Å²) in [7, 11) is -7.19. The van der Waals surface area contributed by atoms with E-state index in [0.29, 0.717) is 18.8 Å². The molecule has 1 aliphatic heterocycles. The normalized spacial score (nSPS) is 15.3. The molecule has 2 N–H and O–H groups in total. The van der Waals surface area contributed by atoms with Crippen molar-refractivity contribution in [1.82, 2.24) is 9.03 Å². The molecule has 0 atom stereocenters. The Balaban J connectivity index is 1.76. The molecule has 0 spiro atoms. The van der Waals surface area contributed by atoms with Crippen molar-refractivity contribution in [3.63, 3.8) is 0 Å². The van der Waals surface area contributed by atoms with Gasteiger partial charge in [0.1, 0.15) is 0 Å². The van der Waals surface area contributed by atoms with Gasteiger partial charge in [0.25, 0.3) is 5.91 Å². The number of hydrogen-bond acceptors (Lipinski definition) is 5. The maximum absolute atomic E-state index is 12.7. The van der Waals surface area contributed by atoms with Gasteiger partial charge in [-0.3, -0.25) is 4.79 Å². The van der Waals surface area contributed by atoms with E-state index in [9.17, 15) is 21.6 Å². The van der Waals surface area contributed by atoms with Crippen LogP contribution in [-0.2, 0) is 20.0 Å². The molecule has 2 aromatic rings. The lowest BCUT2D eigenvalue weighted by Crippen LogP contribution is -2.28. The number of hydrogen-bond donors (Lipinski definition) is 2. The highest BCUT2D eigenvalue weighted by atomic mass is 32.2. The summed E-state index contributed by atoms with van der Waals surface area (Å²) in [4.78, 5) is 12.7. The van der Waals surface area contributed by atoms with Gasteiger partial charge in [0.2, 0.25) is 20.0 Å². The number of nitrogens with zero attached hydrogens (tertiary/aromatic N) is 1. The van der Waals surface area contributed by atoms with Gasteiger partial charge in [-0.15, -0.1) is 0 Å². The first-order valence-corrected chi connectivity index (χ1v) is 12.2. The van der Waals surface area contributed by atoms with E-state index >= 15 is 0 Å². The molecule has 1 fully saturated rings. The molecule has 10 heteroatoms. The van der Waals surface area contributed by atoms with Crippen LogP contribution in [0.4, 0.5) is 5.69 Å². The second-order valence-electron chi connectivity index (χ2n) is 6.62. The predicted octanol–water partition coefficient (Wildman–Crippen LogP) is 2.02. The van der Waals surface area contributed by atoms with Gasteiger partial charge in [0.05, 0.1) is 9.79 Å². The SMILES string of the molecule is CCNS(=O)(=O)c1ccc(NC(=O)c2cccc(S(=O)(=O)N3CCCC3)c2)cc1. The quantitative estimate of drug-likeness (QED) is 0.688. The van der Waals surface area contributed by atoms with E-state index in [2.05, 4.69) is 10.0 Å². The summed E-state index contributed by atoms with van der Waals surface area (Å²) in [6.07, 6.45) is 1.66. The number of carbonyl (C=O) groups is 1. The fourth-order valence-electron chi connectivity index (χ4n) is 3.07. The van der Waals surface area contributed by atoms with Crippen LogP contribution in [0.3, 0.4) is 0 Å². The third-order valence-electron chi connectivity index (χ3n) is 4.56. The van der Waals surface area contributed by atoms with E-state index in [1.54, 1.807) is 6.92 Å². The molecule has 3 rings (SSSR count). The molecule has 0 aromatic heterocycles. The topological polar surface area (TPSA) is 113 Å². The van der Waals surface area contributed by atoms with Gasteiger partial charge in [0, 0.05) is 30.9 Å². The summed E-state index contributed by atoms with van der Waals surface area (Å²) < 4.78 is 53.1. The standard InChI is InChI=1S/C19H23N3O5S2/c1-2-20-28(24,25)17-10-8-16(9-11-17)21-19(23)15-6-5-7-18(14-15)29(26,27)22-12-3-4-13-22/h5-11,14,20H,2-4,12-13H2,1H3,(H,21,23). The van der Waals surface area contributed by atoms with E-state index in [0.717, 1.165) is 12.8 Å². The van der Waals surface area contributed by atoms with Crippen LogP contribution in [0.1, 0.15) is 30.1 Å². The summed E-state index contributed by atoms with van der Waals surface area (Å²) in [5.41, 5.74) is 0.605. The highest BCUT2D eigenvalue weighted by Crippen LogP contribution is 2.22. The lowest BCUT2D eigenvalue weighted by atomic mass is 10.2. The lowest BCUT2D eigenvalue weighted by Gasteiger charge is -2.16. The van der Waals surface area contributed by atoms with Crippen molar-refractivity contribution in [1.29, 1.82) is 0 Å². The molecule has 2 aromatic carbocycles. The average Bonchev–Trinajstić information content (AvgIpc) is 3.24. The summed E-state index contributed by atoms with van der Waals surface area (Å²) in [6.45, 7) is 2.93. The van der Waals surface area contributed by atoms with E-state index in [4.69, 9.17) is 0 Å². The Labute approximate surface area is 171 Å². The Kier molecular flexibility index (Phi) is 6.37. The van der Waals surface area contributed by atoms with Crippen LogP contribution < -0.4 is 10.0 Å². The summed E-state index contributed by atoms with van der Waals surface area (Å²) in [5, 5.41) is 2.65. The number of amides is 1. The third kappa shape index (κ3) is 4.84. The molecule has 0 saturated carbocycles. The number of benzene rings is 2. The molecule has 0 unspecified atom stereocenters. The predicted molar refractivity (Wildman–Crippen MR) is 110 cm³/mol. The van der Waals surface area contributed by atoms with Crippen molar-refractivity contribution < 1.29 is 21.6 Å². The molecule has 0 bridgehead atoms. The smallest absolute Gasteiger partial charge is 0.255 e. The van der Waals surface area contributed by atoms with Crippen LogP contribution in [-0.4, -0.2) is 46.7 Å². The maximum atomic E-state index is 12.7. The Morgan fingerprint density at radius 3 is 2.24 bits per heavy atom. The number of sulfonamides is 2. The second kappa shape index (κ2) is 8.62. The van der Waals surface area contributed by atoms with Gasteiger partial charge in [-0.05, 0) is 55.3 Å². The Morgan fingerprint density at radius 2 is 1.62 bits per heavy atom. The molecule has 8 nitrogen and oxygen atoms in total. The monoisotopic (exact) mass is 437 g/mol. The molecule has 0 radical (unpaired) electrons. The van der Waals surface area contributed by atoms with Gasteiger partial charge in [-0.1, -0.05) is 13.0 Å². The Hall–Kier alpha value is -2.27. The minimum atomic E-state index is -3.62. The molecule has 156 valence electrons. The third-order valence-corrected chi connectivity index (χ3v) is 8.01. The van der Waals surface area contributed by atoms with Crippen molar-refractivity contribution >= 4 is 31.6 Å². The largest absolute Gasteiger partial charge is 0.322 e. The zero-order chi connectivity index (χ0) is 21.1. The summed E-state index contributed by atoms with van der Waals surface area (Å²) in [5.74, 6) is -0.481. The number of rotatable bonds is 7.